The Bertz CT molecular complexity index is 587. The van der Waals surface area contributed by atoms with Crippen molar-refractivity contribution in [2.75, 3.05) is 0 Å². The Morgan fingerprint density at radius 3 is 2.17 bits per heavy atom. The van der Waals surface area contributed by atoms with Gasteiger partial charge in [-0.05, 0) is 11.1 Å². The molecule has 2 aromatic rings. The van der Waals surface area contributed by atoms with Crippen LogP contribution in [0.3, 0.4) is 0 Å². The fraction of sp³-hybridized carbons (Fsp3) is 0.0625. The number of rotatable bonds is 2. The molecule has 0 N–H and O–H groups in total. The molecule has 2 heteroatoms. The van der Waals surface area contributed by atoms with Crippen molar-refractivity contribution in [1.29, 1.82) is 0 Å². The topological polar surface area (TPSA) is 17.1 Å². The van der Waals surface area contributed by atoms with Crippen molar-refractivity contribution in [3.05, 3.63) is 77.9 Å². The van der Waals surface area contributed by atoms with Gasteiger partial charge >= 0.3 is 0 Å². The van der Waals surface area contributed by atoms with Crippen molar-refractivity contribution in [1.82, 2.24) is 0 Å². The summed E-state index contributed by atoms with van der Waals surface area (Å²) in [5.41, 5.74) is 2.11. The number of carbonyl (C=O) groups is 1. The van der Waals surface area contributed by atoms with Gasteiger partial charge in [-0.3, -0.25) is 4.79 Å². The summed E-state index contributed by atoms with van der Waals surface area (Å²) in [4.78, 5) is 12.9. The second-order valence-corrected chi connectivity index (χ2v) is 5.21. The Labute approximate surface area is 111 Å². The molecule has 18 heavy (non-hydrogen) atoms. The Hall–Kier alpha value is -1.80. The summed E-state index contributed by atoms with van der Waals surface area (Å²) in [6.07, 6.45) is 2.96. The largest absolute Gasteiger partial charge is 0.292 e. The summed E-state index contributed by atoms with van der Waals surface area (Å²) >= 11 is 1.58. The number of hydrogen-bond donors (Lipinski definition) is 0. The molecule has 0 aliphatic carbocycles. The summed E-state index contributed by atoms with van der Waals surface area (Å²) in [6.45, 7) is 0. The normalized spacial score (nSPS) is 18.8. The average Bonchev–Trinajstić information content (AvgIpc) is 2.83. The Kier molecular flexibility index (Phi) is 3.03. The number of benzene rings is 2. The molecular weight excluding hydrogens is 240 g/mol. The fourth-order valence-corrected chi connectivity index (χ4v) is 3.08. The van der Waals surface area contributed by atoms with Gasteiger partial charge in [0.15, 0.2) is 5.78 Å². The molecule has 1 radical (unpaired) electrons. The smallest absolute Gasteiger partial charge is 0.182 e. The van der Waals surface area contributed by atoms with E-state index in [4.69, 9.17) is 0 Å². The minimum atomic E-state index is -0.138. The molecule has 0 aromatic heterocycles. The lowest BCUT2D eigenvalue weighted by molar-refractivity contribution is -0.114. The summed E-state index contributed by atoms with van der Waals surface area (Å²) in [5.74, 6) is 0.0602. The SMILES string of the molecule is O=C1[C]=C(c2ccccc2)SC1c1ccccc1. The first-order chi connectivity index (χ1) is 8.84. The van der Waals surface area contributed by atoms with Crippen LogP contribution in [0.1, 0.15) is 16.4 Å². The van der Waals surface area contributed by atoms with E-state index in [9.17, 15) is 4.79 Å². The maximum absolute atomic E-state index is 12.0. The van der Waals surface area contributed by atoms with Gasteiger partial charge in [-0.15, -0.1) is 11.8 Å². The van der Waals surface area contributed by atoms with Crippen LogP contribution in [-0.2, 0) is 4.79 Å². The van der Waals surface area contributed by atoms with Crippen LogP contribution in [0.2, 0.25) is 0 Å². The minimum absolute atomic E-state index is 0.0602. The van der Waals surface area contributed by atoms with Crippen molar-refractivity contribution in [3.63, 3.8) is 0 Å². The van der Waals surface area contributed by atoms with Crippen molar-refractivity contribution in [2.45, 2.75) is 5.25 Å². The molecule has 0 fully saturated rings. The molecule has 3 rings (SSSR count). The van der Waals surface area contributed by atoms with Gasteiger partial charge in [-0.2, -0.15) is 0 Å². The van der Waals surface area contributed by atoms with Crippen LogP contribution in [0.25, 0.3) is 4.91 Å². The number of thioether (sulfide) groups is 1. The molecule has 1 unspecified atom stereocenters. The van der Waals surface area contributed by atoms with Crippen LogP contribution in [0.4, 0.5) is 0 Å². The van der Waals surface area contributed by atoms with Crippen molar-refractivity contribution in [3.8, 4) is 0 Å². The number of Topliss-reactive ketones (excluding diaryl/α,β-unsaturated/α-hetero) is 1. The zero-order chi connectivity index (χ0) is 12.4. The quantitative estimate of drug-likeness (QED) is 0.805. The Morgan fingerprint density at radius 2 is 1.50 bits per heavy atom. The molecule has 0 bridgehead atoms. The van der Waals surface area contributed by atoms with Crippen LogP contribution in [0, 0.1) is 6.08 Å². The van der Waals surface area contributed by atoms with Crippen molar-refractivity contribution >= 4 is 22.5 Å². The lowest BCUT2D eigenvalue weighted by Gasteiger charge is -2.08. The maximum Gasteiger partial charge on any atom is 0.182 e. The summed E-state index contributed by atoms with van der Waals surface area (Å²) in [7, 11) is 0. The second kappa shape index (κ2) is 4.83. The summed E-state index contributed by atoms with van der Waals surface area (Å²) in [5, 5.41) is -0.138. The number of allylic oxidation sites excluding steroid dienone is 1. The molecule has 0 amide bonds. The van der Waals surface area contributed by atoms with Crippen LogP contribution in [0.5, 0.6) is 0 Å². The molecule has 1 heterocycles. The van der Waals surface area contributed by atoms with E-state index in [-0.39, 0.29) is 11.0 Å². The molecule has 0 saturated carbocycles. The molecule has 1 aliphatic heterocycles. The first-order valence-electron chi connectivity index (χ1n) is 5.79. The van der Waals surface area contributed by atoms with Crippen LogP contribution >= 0.6 is 11.8 Å². The number of hydrogen-bond acceptors (Lipinski definition) is 2. The van der Waals surface area contributed by atoms with Gasteiger partial charge in [-0.1, -0.05) is 60.7 Å². The Balaban J connectivity index is 1.88. The monoisotopic (exact) mass is 251 g/mol. The highest BCUT2D eigenvalue weighted by Crippen LogP contribution is 2.45. The highest BCUT2D eigenvalue weighted by atomic mass is 32.2. The summed E-state index contributed by atoms with van der Waals surface area (Å²) in [6, 6.07) is 19.8. The third-order valence-electron chi connectivity index (χ3n) is 2.85. The molecular formula is C16H11OS. The van der Waals surface area contributed by atoms with Gasteiger partial charge in [0.2, 0.25) is 0 Å². The summed E-state index contributed by atoms with van der Waals surface area (Å²) < 4.78 is 0. The number of carbonyl (C=O) groups excluding carboxylic acids is 1. The van der Waals surface area contributed by atoms with Crippen LogP contribution in [0.15, 0.2) is 60.7 Å². The van der Waals surface area contributed by atoms with Gasteiger partial charge in [0.1, 0.15) is 0 Å². The highest BCUT2D eigenvalue weighted by Gasteiger charge is 2.28. The second-order valence-electron chi connectivity index (χ2n) is 4.09. The van der Waals surface area contributed by atoms with Gasteiger partial charge in [0.25, 0.3) is 0 Å². The highest BCUT2D eigenvalue weighted by molar-refractivity contribution is 8.09. The predicted molar refractivity (Wildman–Crippen MR) is 74.9 cm³/mol. The lowest BCUT2D eigenvalue weighted by atomic mass is 10.1. The molecule has 1 aliphatic rings. The van der Waals surface area contributed by atoms with E-state index in [0.29, 0.717) is 0 Å². The first-order valence-corrected chi connectivity index (χ1v) is 6.67. The van der Waals surface area contributed by atoms with E-state index >= 15 is 0 Å². The molecule has 1 atom stereocenters. The van der Waals surface area contributed by atoms with Crippen LogP contribution in [-0.4, -0.2) is 5.78 Å². The van der Waals surface area contributed by atoms with Gasteiger partial charge < -0.3 is 0 Å². The van der Waals surface area contributed by atoms with Crippen LogP contribution < -0.4 is 0 Å². The molecule has 1 nitrogen and oxygen atoms in total. The fourth-order valence-electron chi connectivity index (χ4n) is 1.96. The van der Waals surface area contributed by atoms with Gasteiger partial charge in [-0.25, -0.2) is 0 Å². The third-order valence-corrected chi connectivity index (χ3v) is 4.14. The molecule has 2 aromatic carbocycles. The van der Waals surface area contributed by atoms with E-state index in [1.165, 1.54) is 0 Å². The van der Waals surface area contributed by atoms with Gasteiger partial charge in [0, 0.05) is 11.0 Å². The third kappa shape index (κ3) is 2.12. The van der Waals surface area contributed by atoms with E-state index in [1.54, 1.807) is 11.8 Å². The zero-order valence-electron chi connectivity index (χ0n) is 9.67. The van der Waals surface area contributed by atoms with Crippen molar-refractivity contribution in [2.24, 2.45) is 0 Å². The van der Waals surface area contributed by atoms with E-state index in [1.807, 2.05) is 60.7 Å². The zero-order valence-corrected chi connectivity index (χ0v) is 10.5. The minimum Gasteiger partial charge on any atom is -0.292 e. The number of ketones is 1. The Morgan fingerprint density at radius 1 is 0.889 bits per heavy atom. The van der Waals surface area contributed by atoms with E-state index in [0.717, 1.165) is 16.0 Å². The molecule has 87 valence electrons. The first kappa shape index (κ1) is 11.3. The average molecular weight is 251 g/mol. The van der Waals surface area contributed by atoms with Gasteiger partial charge in [0.05, 0.1) is 5.25 Å². The predicted octanol–water partition coefficient (Wildman–Crippen LogP) is 3.89. The lowest BCUT2D eigenvalue weighted by Crippen LogP contribution is -2.01. The van der Waals surface area contributed by atoms with Crippen molar-refractivity contribution < 1.29 is 4.79 Å². The standard InChI is InChI=1S/C16H11OS/c17-14-11-15(12-7-3-1-4-8-12)18-16(14)13-9-5-2-6-10-13/h1-10,16H. The maximum atomic E-state index is 12.0. The van der Waals surface area contributed by atoms with E-state index < -0.39 is 0 Å². The van der Waals surface area contributed by atoms with E-state index in [2.05, 4.69) is 6.08 Å². The molecule has 0 spiro atoms. The molecule has 0 saturated heterocycles.